The number of hydrogen-bond donors (Lipinski definition) is 0. The molecule has 0 unspecified atom stereocenters. The molecular weight excluding hydrogens is 463 g/mol. The molecule has 0 N–H and O–H groups in total. The molecule has 2 heterocycles. The Kier molecular flexibility index (Phi) is 5.66. The Bertz CT molecular complexity index is 1080. The maximum Gasteiger partial charge on any atom is 0.376 e. The lowest BCUT2D eigenvalue weighted by atomic mass is 9.81. The van der Waals surface area contributed by atoms with Crippen LogP contribution in [0, 0.1) is 11.8 Å². The summed E-state index contributed by atoms with van der Waals surface area (Å²) < 4.78 is 10.1. The third kappa shape index (κ3) is 3.72. The molecule has 2 fully saturated rings. The number of Topliss-reactive ketones (excluding diaryl/α,β-unsaturated/α-hetero) is 4. The highest BCUT2D eigenvalue weighted by atomic mass is 35.5. The van der Waals surface area contributed by atoms with E-state index in [1.807, 2.05) is 0 Å². The number of ketones is 4. The van der Waals surface area contributed by atoms with E-state index in [9.17, 15) is 28.8 Å². The molecule has 2 aromatic rings. The van der Waals surface area contributed by atoms with E-state index < -0.39 is 59.1 Å². The molecule has 0 aromatic heterocycles. The van der Waals surface area contributed by atoms with Crippen LogP contribution in [0.25, 0.3) is 0 Å². The summed E-state index contributed by atoms with van der Waals surface area (Å²) in [5.41, 5.74) is 0.0968. The number of carbonyl (C=O) groups excluding carboxylic acids is 6. The summed E-state index contributed by atoms with van der Waals surface area (Å²) in [6, 6.07) is 11.0. The van der Waals surface area contributed by atoms with Crippen LogP contribution in [0.2, 0.25) is 10.0 Å². The van der Waals surface area contributed by atoms with Crippen molar-refractivity contribution >= 4 is 58.3 Å². The molecule has 2 aliphatic heterocycles. The summed E-state index contributed by atoms with van der Waals surface area (Å²) in [5, 5.41) is 0.680. The number of ether oxygens (including phenoxy) is 2. The molecule has 0 saturated carbocycles. The van der Waals surface area contributed by atoms with Crippen molar-refractivity contribution in [2.24, 2.45) is 11.8 Å². The molecule has 2 aliphatic rings. The van der Waals surface area contributed by atoms with E-state index in [0.717, 1.165) is 0 Å². The van der Waals surface area contributed by atoms with E-state index in [1.165, 1.54) is 48.5 Å². The van der Waals surface area contributed by atoms with E-state index in [-0.39, 0.29) is 11.1 Å². The lowest BCUT2D eigenvalue weighted by molar-refractivity contribution is -0.157. The number of cyclic esters (lactones) is 2. The van der Waals surface area contributed by atoms with Gasteiger partial charge in [0, 0.05) is 21.2 Å². The number of halogens is 2. The van der Waals surface area contributed by atoms with Crippen molar-refractivity contribution in [2.45, 2.75) is 12.2 Å². The summed E-state index contributed by atoms with van der Waals surface area (Å²) in [6.07, 6.45) is -3.29. The van der Waals surface area contributed by atoms with Crippen LogP contribution in [-0.4, -0.2) is 47.3 Å². The minimum atomic E-state index is -1.70. The van der Waals surface area contributed by atoms with Crippen molar-refractivity contribution in [3.63, 3.8) is 0 Å². The number of esters is 2. The molecule has 2 saturated heterocycles. The number of rotatable bonds is 5. The molecular formula is C22H12Cl2O8. The van der Waals surface area contributed by atoms with Crippen molar-refractivity contribution in [3.8, 4) is 0 Å². The lowest BCUT2D eigenvalue weighted by Gasteiger charge is -2.24. The van der Waals surface area contributed by atoms with Crippen LogP contribution in [-0.2, 0) is 28.7 Å². The fourth-order valence-electron chi connectivity index (χ4n) is 3.69. The predicted molar refractivity (Wildman–Crippen MR) is 108 cm³/mol. The first-order valence-corrected chi connectivity index (χ1v) is 10.0. The van der Waals surface area contributed by atoms with Crippen LogP contribution in [0.3, 0.4) is 0 Å². The SMILES string of the molecule is O=C1O[C@@H]([C@H]2OC(=O)C(=O)[C@H]2C(=O)c2ccc(Cl)cc2)[C@@H](C(=O)c2ccc(Cl)cc2)C1=O. The summed E-state index contributed by atoms with van der Waals surface area (Å²) in [4.78, 5) is 75.0. The van der Waals surface area contributed by atoms with Gasteiger partial charge < -0.3 is 9.47 Å². The largest absolute Gasteiger partial charge is 0.451 e. The highest BCUT2D eigenvalue weighted by molar-refractivity contribution is 6.43. The Morgan fingerprint density at radius 2 is 0.906 bits per heavy atom. The van der Waals surface area contributed by atoms with Crippen LogP contribution in [0.15, 0.2) is 48.5 Å². The number of benzene rings is 2. The van der Waals surface area contributed by atoms with E-state index in [1.54, 1.807) is 0 Å². The van der Waals surface area contributed by atoms with Crippen LogP contribution in [0.1, 0.15) is 20.7 Å². The zero-order valence-corrected chi connectivity index (χ0v) is 17.5. The van der Waals surface area contributed by atoms with Crippen LogP contribution >= 0.6 is 23.2 Å². The van der Waals surface area contributed by atoms with Gasteiger partial charge in [0.15, 0.2) is 23.8 Å². The second-order valence-electron chi connectivity index (χ2n) is 7.17. The average molecular weight is 475 g/mol. The third-order valence-electron chi connectivity index (χ3n) is 5.26. The Balaban J connectivity index is 1.71. The molecule has 4 atom stereocenters. The van der Waals surface area contributed by atoms with E-state index in [4.69, 9.17) is 32.7 Å². The van der Waals surface area contributed by atoms with Crippen molar-refractivity contribution in [3.05, 3.63) is 69.7 Å². The normalized spacial score (nSPS) is 24.9. The van der Waals surface area contributed by atoms with Gasteiger partial charge in [-0.2, -0.15) is 0 Å². The summed E-state index contributed by atoms with van der Waals surface area (Å²) in [6.45, 7) is 0. The maximum absolute atomic E-state index is 13.0. The topological polar surface area (TPSA) is 121 Å². The van der Waals surface area contributed by atoms with Gasteiger partial charge >= 0.3 is 11.9 Å². The monoisotopic (exact) mass is 474 g/mol. The Morgan fingerprint density at radius 1 is 0.594 bits per heavy atom. The van der Waals surface area contributed by atoms with Gasteiger partial charge in [0.25, 0.3) is 11.6 Å². The molecule has 32 heavy (non-hydrogen) atoms. The van der Waals surface area contributed by atoms with Gasteiger partial charge in [0.2, 0.25) is 0 Å². The van der Waals surface area contributed by atoms with Gasteiger partial charge in [-0.15, -0.1) is 0 Å². The van der Waals surface area contributed by atoms with Crippen molar-refractivity contribution < 1.29 is 38.2 Å². The van der Waals surface area contributed by atoms with Gasteiger partial charge in [-0.1, -0.05) is 23.2 Å². The minimum Gasteiger partial charge on any atom is -0.451 e. The number of carbonyl (C=O) groups is 6. The molecule has 0 amide bonds. The lowest BCUT2D eigenvalue weighted by Crippen LogP contribution is -2.44. The Labute approximate surface area is 190 Å². The van der Waals surface area contributed by atoms with Crippen LogP contribution in [0.4, 0.5) is 0 Å². The van der Waals surface area contributed by atoms with Crippen molar-refractivity contribution in [2.75, 3.05) is 0 Å². The zero-order valence-electron chi connectivity index (χ0n) is 16.0. The molecule has 0 spiro atoms. The molecule has 8 nitrogen and oxygen atoms in total. The van der Waals surface area contributed by atoms with Crippen molar-refractivity contribution in [1.29, 1.82) is 0 Å². The molecule has 0 aliphatic carbocycles. The highest BCUT2D eigenvalue weighted by Crippen LogP contribution is 2.35. The fourth-order valence-corrected chi connectivity index (χ4v) is 3.94. The minimum absolute atomic E-state index is 0.0484. The summed E-state index contributed by atoms with van der Waals surface area (Å²) >= 11 is 11.6. The van der Waals surface area contributed by atoms with Crippen LogP contribution in [0.5, 0.6) is 0 Å². The standard InChI is InChI=1S/C22H12Cl2O8/c23-11-5-1-9(2-6-11)15(25)13-17(27)21(29)31-19(13)20-14(18(28)22(30)32-20)16(26)10-3-7-12(24)8-4-10/h1-8,13-14,19-20H/t13-,14+,19+,20-. The first-order valence-electron chi connectivity index (χ1n) is 9.28. The smallest absolute Gasteiger partial charge is 0.376 e. The van der Waals surface area contributed by atoms with E-state index in [0.29, 0.717) is 10.0 Å². The summed E-state index contributed by atoms with van der Waals surface area (Å²) in [7, 11) is 0. The number of hydrogen-bond acceptors (Lipinski definition) is 8. The van der Waals surface area contributed by atoms with Gasteiger partial charge in [0.05, 0.1) is 0 Å². The zero-order chi connectivity index (χ0) is 23.2. The van der Waals surface area contributed by atoms with Crippen molar-refractivity contribution in [1.82, 2.24) is 0 Å². The second-order valence-corrected chi connectivity index (χ2v) is 8.04. The fraction of sp³-hybridized carbons (Fsp3) is 0.182. The highest BCUT2D eigenvalue weighted by Gasteiger charge is 2.60. The molecule has 162 valence electrons. The Hall–Kier alpha value is -3.36. The molecule has 10 heteroatoms. The van der Waals surface area contributed by atoms with Gasteiger partial charge in [-0.25, -0.2) is 9.59 Å². The average Bonchev–Trinajstić information content (AvgIpc) is 3.23. The van der Waals surface area contributed by atoms with Crippen LogP contribution < -0.4 is 0 Å². The molecule has 0 radical (unpaired) electrons. The Morgan fingerprint density at radius 3 is 1.22 bits per heavy atom. The van der Waals surface area contributed by atoms with Gasteiger partial charge in [-0.05, 0) is 48.5 Å². The quantitative estimate of drug-likeness (QED) is 0.280. The van der Waals surface area contributed by atoms with E-state index in [2.05, 4.69) is 0 Å². The predicted octanol–water partition coefficient (Wildman–Crippen LogP) is 2.28. The summed E-state index contributed by atoms with van der Waals surface area (Å²) in [5.74, 6) is -9.97. The molecule has 4 rings (SSSR count). The van der Waals surface area contributed by atoms with Gasteiger partial charge in [-0.3, -0.25) is 19.2 Å². The second kappa shape index (κ2) is 8.29. The maximum atomic E-state index is 13.0. The van der Waals surface area contributed by atoms with Gasteiger partial charge in [0.1, 0.15) is 11.8 Å². The first-order chi connectivity index (χ1) is 15.2. The van der Waals surface area contributed by atoms with E-state index >= 15 is 0 Å². The molecule has 2 aromatic carbocycles. The third-order valence-corrected chi connectivity index (χ3v) is 5.76. The first kappa shape index (κ1) is 21.9. The molecule has 0 bridgehead atoms.